The number of nitrogens with one attached hydrogen (secondary N) is 1. The molecule has 1 aliphatic heterocycles. The molecule has 7 atom stereocenters. The van der Waals surface area contributed by atoms with Crippen molar-refractivity contribution in [2.24, 2.45) is 0 Å². The number of hydrogen-bond donors (Lipinski definition) is 1. The second-order valence-electron chi connectivity index (χ2n) is 9.41. The minimum Gasteiger partial charge on any atom is -0.456 e. The molecule has 1 amide bonds. The van der Waals surface area contributed by atoms with Gasteiger partial charge in [-0.2, -0.15) is 0 Å². The molecule has 1 saturated heterocycles. The summed E-state index contributed by atoms with van der Waals surface area (Å²) < 4.78 is 28.7. The van der Waals surface area contributed by atoms with Crippen molar-refractivity contribution in [3.63, 3.8) is 0 Å². The number of carbonyl (C=O) groups excluding carboxylic acids is 6. The fourth-order valence-electron chi connectivity index (χ4n) is 4.35. The van der Waals surface area contributed by atoms with Crippen molar-refractivity contribution in [1.29, 1.82) is 0 Å². The Hall–Kier alpha value is -1.97. The number of rotatable bonds is 14. The molecule has 0 aromatic rings. The minimum absolute atomic E-state index is 0.0181. The summed E-state index contributed by atoms with van der Waals surface area (Å²) in [5, 5.41) is 2.86. The van der Waals surface area contributed by atoms with Crippen LogP contribution in [-0.4, -0.2) is 101 Å². The van der Waals surface area contributed by atoms with Gasteiger partial charge in [-0.15, -0.1) is 11.8 Å². The summed E-state index contributed by atoms with van der Waals surface area (Å²) in [6.07, 6.45) is 0.205. The van der Waals surface area contributed by atoms with Gasteiger partial charge in [-0.05, 0) is 25.4 Å². The van der Waals surface area contributed by atoms with E-state index in [-0.39, 0.29) is 10.9 Å². The first-order valence-corrected chi connectivity index (χ1v) is 17.2. The van der Waals surface area contributed by atoms with E-state index in [1.165, 1.54) is 65.1 Å². The predicted octanol–water partition coefficient (Wildman–Crippen LogP) is 2.35. The van der Waals surface area contributed by atoms with E-state index in [9.17, 15) is 28.8 Å². The zero-order chi connectivity index (χ0) is 30.6. The summed E-state index contributed by atoms with van der Waals surface area (Å²) in [6.45, 7) is 7.64. The summed E-state index contributed by atoms with van der Waals surface area (Å²) in [5.74, 6) is -1.72. The van der Waals surface area contributed by atoms with Crippen LogP contribution in [0, 0.1) is 0 Å². The highest BCUT2D eigenvalue weighted by atomic mass is 32.3. The number of thioether (sulfide) groups is 2. The van der Waals surface area contributed by atoms with Gasteiger partial charge in [0.1, 0.15) is 11.5 Å². The predicted molar refractivity (Wildman–Crippen MR) is 154 cm³/mol. The lowest BCUT2D eigenvalue weighted by molar-refractivity contribution is -0.234. The zero-order valence-electron chi connectivity index (χ0n) is 24.2. The van der Waals surface area contributed by atoms with Crippen LogP contribution < -0.4 is 5.32 Å². The van der Waals surface area contributed by atoms with Crippen molar-refractivity contribution in [1.82, 2.24) is 5.32 Å². The molecule has 0 saturated carbocycles. The Balaban J connectivity index is 3.49. The molecule has 0 bridgehead atoms. The third kappa shape index (κ3) is 12.7. The lowest BCUT2D eigenvalue weighted by Crippen LogP contribution is -2.66. The SMILES string of the molecule is CS[C@H]1O[C@H]([C@H](CS(C)(CCCCSC(C)=O)OC(C)=O)NC(C)=O)[C@H](OC(C)=O)[C@H](OC(C)=O)[C@H]1OC(C)=O. The molecular weight excluding hydrogens is 586 g/mol. The quantitative estimate of drug-likeness (QED) is 0.170. The van der Waals surface area contributed by atoms with Gasteiger partial charge < -0.3 is 28.4 Å². The molecule has 1 unspecified atom stereocenters. The number of ether oxygens (including phenoxy) is 4. The standard InChI is InChI=1S/C25H41NO11S3/c1-14(27)26-20(13-40(8,37-18(5)31)12-10-9-11-39-19(6)32)21-22(33-15(2)28)23(34-16(3)29)24(35-17(4)30)25(36-21)38-7/h20-25H,9-13H2,1-8H3,(H,26,27)/t20-,21+,22-,23-,24+,25+/m0/s1. The Morgan fingerprint density at radius 3 is 1.85 bits per heavy atom. The summed E-state index contributed by atoms with van der Waals surface area (Å²) in [5.41, 5.74) is -0.847. The molecule has 0 aromatic carbocycles. The Morgan fingerprint density at radius 2 is 1.38 bits per heavy atom. The molecule has 15 heteroatoms. The summed E-state index contributed by atoms with van der Waals surface area (Å²) >= 11 is 2.40. The van der Waals surface area contributed by atoms with Gasteiger partial charge in [0.05, 0.1) is 6.04 Å². The lowest BCUT2D eigenvalue weighted by Gasteiger charge is -2.48. The monoisotopic (exact) mass is 627 g/mol. The number of amides is 1. The van der Waals surface area contributed by atoms with Gasteiger partial charge in [0.25, 0.3) is 0 Å². The summed E-state index contributed by atoms with van der Waals surface area (Å²) in [4.78, 5) is 71.9. The van der Waals surface area contributed by atoms with E-state index in [1.807, 2.05) is 6.26 Å². The van der Waals surface area contributed by atoms with Crippen LogP contribution in [0.25, 0.3) is 0 Å². The van der Waals surface area contributed by atoms with Gasteiger partial charge in [0.15, 0.2) is 23.4 Å². The lowest BCUT2D eigenvalue weighted by atomic mass is 9.94. The maximum absolute atomic E-state index is 12.3. The van der Waals surface area contributed by atoms with E-state index < -0.39 is 76.0 Å². The van der Waals surface area contributed by atoms with Crippen LogP contribution in [0.2, 0.25) is 0 Å². The molecule has 1 heterocycles. The Morgan fingerprint density at radius 1 is 0.825 bits per heavy atom. The van der Waals surface area contributed by atoms with Crippen LogP contribution in [0.15, 0.2) is 0 Å². The van der Waals surface area contributed by atoms with Gasteiger partial charge in [-0.25, -0.2) is 0 Å². The highest BCUT2D eigenvalue weighted by molar-refractivity contribution is 8.29. The van der Waals surface area contributed by atoms with Crippen LogP contribution >= 0.6 is 33.8 Å². The molecule has 0 aliphatic carbocycles. The van der Waals surface area contributed by atoms with Crippen LogP contribution in [0.1, 0.15) is 54.4 Å². The van der Waals surface area contributed by atoms with E-state index in [0.29, 0.717) is 24.3 Å². The minimum atomic E-state index is -2.16. The Bertz CT molecular complexity index is 934. The van der Waals surface area contributed by atoms with Crippen LogP contribution in [0.3, 0.4) is 0 Å². The second kappa shape index (κ2) is 17.1. The van der Waals surface area contributed by atoms with E-state index in [0.717, 1.165) is 0 Å². The van der Waals surface area contributed by atoms with Crippen molar-refractivity contribution in [3.8, 4) is 0 Å². The first-order valence-electron chi connectivity index (χ1n) is 12.6. The van der Waals surface area contributed by atoms with Crippen molar-refractivity contribution in [3.05, 3.63) is 0 Å². The molecule has 12 nitrogen and oxygen atoms in total. The molecule has 1 rings (SSSR count). The van der Waals surface area contributed by atoms with E-state index in [2.05, 4.69) is 5.32 Å². The van der Waals surface area contributed by atoms with Crippen LogP contribution in [-0.2, 0) is 51.9 Å². The van der Waals surface area contributed by atoms with Gasteiger partial charge in [0, 0.05) is 58.8 Å². The topological polar surface area (TPSA) is 161 Å². The normalized spacial score (nSPS) is 25.4. The fraction of sp³-hybridized carbons (Fsp3) is 0.760. The summed E-state index contributed by atoms with van der Waals surface area (Å²) in [7, 11) is -2.16. The van der Waals surface area contributed by atoms with Gasteiger partial charge >= 0.3 is 23.9 Å². The molecule has 1 N–H and O–H groups in total. The molecule has 0 aromatic heterocycles. The maximum atomic E-state index is 12.3. The maximum Gasteiger partial charge on any atom is 0.313 e. The van der Waals surface area contributed by atoms with Gasteiger partial charge in [-0.3, -0.25) is 28.8 Å². The van der Waals surface area contributed by atoms with E-state index in [1.54, 1.807) is 6.26 Å². The second-order valence-corrected chi connectivity index (χ2v) is 14.9. The number of hydrogen-bond acceptors (Lipinski definition) is 13. The highest BCUT2D eigenvalue weighted by Gasteiger charge is 2.54. The molecular formula is C25H41NO11S3. The third-order valence-electron chi connectivity index (χ3n) is 5.58. The number of carbonyl (C=O) groups is 6. The highest BCUT2D eigenvalue weighted by Crippen LogP contribution is 2.48. The molecule has 230 valence electrons. The van der Waals surface area contributed by atoms with Crippen LogP contribution in [0.5, 0.6) is 0 Å². The van der Waals surface area contributed by atoms with Gasteiger partial charge in [0.2, 0.25) is 5.91 Å². The number of unbranched alkanes of at least 4 members (excludes halogenated alkanes) is 1. The Labute approximate surface area is 245 Å². The fourth-order valence-corrected chi connectivity index (χ4v) is 8.43. The van der Waals surface area contributed by atoms with E-state index >= 15 is 0 Å². The molecule has 40 heavy (non-hydrogen) atoms. The molecule has 1 fully saturated rings. The largest absolute Gasteiger partial charge is 0.456 e. The average molecular weight is 628 g/mol. The van der Waals surface area contributed by atoms with Crippen molar-refractivity contribution in [2.75, 3.05) is 29.8 Å². The number of esters is 3. The van der Waals surface area contributed by atoms with Gasteiger partial charge in [-0.1, -0.05) is 22.1 Å². The van der Waals surface area contributed by atoms with Crippen LogP contribution in [0.4, 0.5) is 0 Å². The van der Waals surface area contributed by atoms with Crippen molar-refractivity contribution in [2.45, 2.75) is 90.3 Å². The first kappa shape index (κ1) is 36.1. The molecule has 1 aliphatic rings. The average Bonchev–Trinajstić information content (AvgIpc) is 2.78. The van der Waals surface area contributed by atoms with Crippen molar-refractivity contribution < 1.29 is 51.9 Å². The molecule has 0 radical (unpaired) electrons. The Kier molecular flexibility index (Phi) is 15.4. The first-order chi connectivity index (χ1) is 18.6. The molecule has 0 spiro atoms. The van der Waals surface area contributed by atoms with E-state index in [4.69, 9.17) is 23.1 Å². The summed E-state index contributed by atoms with van der Waals surface area (Å²) in [6, 6.07) is -0.848. The smallest absolute Gasteiger partial charge is 0.313 e. The zero-order valence-corrected chi connectivity index (χ0v) is 26.7. The third-order valence-corrected chi connectivity index (χ3v) is 10.2. The van der Waals surface area contributed by atoms with Crippen molar-refractivity contribution >= 4 is 68.7 Å².